The largest absolute Gasteiger partial charge is 0.394 e. The topological polar surface area (TPSA) is 74.2 Å². The summed E-state index contributed by atoms with van der Waals surface area (Å²) in [6.45, 7) is 4.00. The van der Waals surface area contributed by atoms with Crippen LogP contribution in [0.4, 0.5) is 11.6 Å². The minimum absolute atomic E-state index is 0.0120. The molecular weight excluding hydrogens is 418 g/mol. The highest BCUT2D eigenvalue weighted by Crippen LogP contribution is 2.33. The zero-order valence-corrected chi connectivity index (χ0v) is 18.5. The fourth-order valence-corrected chi connectivity index (χ4v) is 4.72. The minimum Gasteiger partial charge on any atom is -0.394 e. The van der Waals surface area contributed by atoms with E-state index >= 15 is 0 Å². The Morgan fingerprint density at radius 1 is 1.23 bits per heavy atom. The summed E-state index contributed by atoms with van der Waals surface area (Å²) in [7, 11) is 0. The normalized spacial score (nSPS) is 15.9. The molecule has 0 spiro atoms. The number of piperidine rings is 1. The van der Waals surface area contributed by atoms with E-state index in [4.69, 9.17) is 16.6 Å². The number of anilines is 2. The van der Waals surface area contributed by atoms with Gasteiger partial charge in [-0.1, -0.05) is 30.7 Å². The molecule has 158 valence electrons. The van der Waals surface area contributed by atoms with E-state index in [1.807, 2.05) is 37.3 Å². The first-order chi connectivity index (χ1) is 14.7. The predicted molar refractivity (Wildman–Crippen MR) is 124 cm³/mol. The maximum Gasteiger partial charge on any atom is 0.134 e. The Morgan fingerprint density at radius 3 is 2.70 bits per heavy atom. The van der Waals surface area contributed by atoms with E-state index < -0.39 is 0 Å². The van der Waals surface area contributed by atoms with Crippen LogP contribution in [0.2, 0.25) is 5.02 Å². The molecule has 0 radical (unpaired) electrons. The second-order valence-corrected chi connectivity index (χ2v) is 8.83. The number of thiazole rings is 1. The van der Waals surface area contributed by atoms with Crippen LogP contribution >= 0.6 is 22.9 Å². The summed E-state index contributed by atoms with van der Waals surface area (Å²) >= 11 is 7.69. The summed E-state index contributed by atoms with van der Waals surface area (Å²) in [4.78, 5) is 15.9. The lowest BCUT2D eigenvalue weighted by molar-refractivity contribution is 0.271. The molecule has 0 saturated carbocycles. The van der Waals surface area contributed by atoms with E-state index in [2.05, 4.69) is 25.6 Å². The molecule has 0 bridgehead atoms. The molecule has 1 saturated heterocycles. The Morgan fingerprint density at radius 2 is 2.00 bits per heavy atom. The molecule has 1 atom stereocenters. The quantitative estimate of drug-likeness (QED) is 0.545. The van der Waals surface area contributed by atoms with Gasteiger partial charge < -0.3 is 15.3 Å². The number of halogens is 1. The van der Waals surface area contributed by atoms with Crippen LogP contribution < -0.4 is 10.2 Å². The Bertz CT molecular complexity index is 952. The van der Waals surface area contributed by atoms with Gasteiger partial charge in [0.05, 0.1) is 18.3 Å². The number of nitrogens with zero attached hydrogens (tertiary/aromatic N) is 4. The molecule has 0 amide bonds. The maximum absolute atomic E-state index is 9.40. The molecule has 8 heteroatoms. The van der Waals surface area contributed by atoms with Crippen LogP contribution in [0.3, 0.4) is 0 Å². The molecule has 1 aliphatic rings. The summed E-state index contributed by atoms with van der Waals surface area (Å²) in [5, 5.41) is 16.7. The van der Waals surface area contributed by atoms with Gasteiger partial charge in [0.15, 0.2) is 0 Å². The fraction of sp³-hybridized carbons (Fsp3) is 0.409. The highest BCUT2D eigenvalue weighted by Gasteiger charge is 2.24. The Balaban J connectivity index is 1.38. The maximum atomic E-state index is 9.40. The summed E-state index contributed by atoms with van der Waals surface area (Å²) in [6.07, 6.45) is 4.52. The first-order valence-electron chi connectivity index (χ1n) is 10.3. The number of aliphatic hydroxyl groups is 1. The van der Waals surface area contributed by atoms with Gasteiger partial charge in [0, 0.05) is 41.0 Å². The molecule has 1 fully saturated rings. The van der Waals surface area contributed by atoms with E-state index in [0.717, 1.165) is 59.6 Å². The van der Waals surface area contributed by atoms with E-state index in [9.17, 15) is 5.11 Å². The van der Waals surface area contributed by atoms with Gasteiger partial charge >= 0.3 is 0 Å². The van der Waals surface area contributed by atoms with Crippen molar-refractivity contribution in [3.05, 3.63) is 52.8 Å². The molecule has 30 heavy (non-hydrogen) atoms. The van der Waals surface area contributed by atoms with Gasteiger partial charge in [-0.25, -0.2) is 15.0 Å². The Kier molecular flexibility index (Phi) is 6.82. The van der Waals surface area contributed by atoms with Crippen LogP contribution in [0.25, 0.3) is 10.6 Å². The third-order valence-corrected chi connectivity index (χ3v) is 6.73. The summed E-state index contributed by atoms with van der Waals surface area (Å²) in [6, 6.07) is 9.84. The van der Waals surface area contributed by atoms with Crippen molar-refractivity contribution in [2.45, 2.75) is 38.1 Å². The average Bonchev–Trinajstić information content (AvgIpc) is 3.28. The third kappa shape index (κ3) is 4.91. The van der Waals surface area contributed by atoms with Crippen LogP contribution in [-0.4, -0.2) is 45.8 Å². The minimum atomic E-state index is 0.0120. The fourth-order valence-electron chi connectivity index (χ4n) is 3.69. The monoisotopic (exact) mass is 443 g/mol. The van der Waals surface area contributed by atoms with Crippen molar-refractivity contribution >= 4 is 34.6 Å². The lowest BCUT2D eigenvalue weighted by Crippen LogP contribution is -2.33. The van der Waals surface area contributed by atoms with Gasteiger partial charge in [-0.2, -0.15) is 0 Å². The number of benzene rings is 1. The molecule has 6 nitrogen and oxygen atoms in total. The van der Waals surface area contributed by atoms with Gasteiger partial charge in [-0.05, 0) is 31.4 Å². The first-order valence-corrected chi connectivity index (χ1v) is 11.6. The molecule has 0 aliphatic carbocycles. The Labute approximate surface area is 186 Å². The number of aliphatic hydroxyl groups excluding tert-OH is 1. The molecule has 2 aromatic heterocycles. The number of aromatic nitrogens is 3. The molecule has 3 heterocycles. The van der Waals surface area contributed by atoms with Gasteiger partial charge in [0.25, 0.3) is 0 Å². The highest BCUT2D eigenvalue weighted by atomic mass is 35.5. The summed E-state index contributed by atoms with van der Waals surface area (Å²) in [5.41, 5.74) is 2.30. The van der Waals surface area contributed by atoms with E-state index in [-0.39, 0.29) is 12.6 Å². The SMILES string of the molecule is CCC(CO)Nc1cc(N2CCC(c3csc(-c4ccc(Cl)cc4)n3)CC2)ncn1. The lowest BCUT2D eigenvalue weighted by atomic mass is 9.94. The summed E-state index contributed by atoms with van der Waals surface area (Å²) in [5.74, 6) is 2.16. The lowest BCUT2D eigenvalue weighted by Gasteiger charge is -2.32. The molecular formula is C22H26ClN5OS. The number of nitrogens with one attached hydrogen (secondary N) is 1. The number of hydrogen-bond donors (Lipinski definition) is 2. The number of rotatable bonds is 7. The standard InChI is InChI=1S/C22H26ClN5OS/c1-2-18(12-29)26-20-11-21(25-14-24-20)28-9-7-15(8-10-28)19-13-30-22(27-19)16-3-5-17(23)6-4-16/h3-6,11,13-15,18,29H,2,7-10,12H2,1H3,(H,24,25,26). The smallest absolute Gasteiger partial charge is 0.134 e. The van der Waals surface area contributed by atoms with Gasteiger partial charge in [-0.15, -0.1) is 11.3 Å². The van der Waals surface area contributed by atoms with Gasteiger partial charge in [0.1, 0.15) is 23.0 Å². The Hall–Kier alpha value is -2.22. The molecule has 1 unspecified atom stereocenters. The van der Waals surface area contributed by atoms with E-state index in [0.29, 0.717) is 5.92 Å². The number of hydrogen-bond acceptors (Lipinski definition) is 7. The predicted octanol–water partition coefficient (Wildman–Crippen LogP) is 4.82. The van der Waals surface area contributed by atoms with Crippen molar-refractivity contribution in [1.82, 2.24) is 15.0 Å². The van der Waals surface area contributed by atoms with E-state index in [1.54, 1.807) is 17.7 Å². The van der Waals surface area contributed by atoms with Crippen LogP contribution in [0.15, 0.2) is 42.0 Å². The molecule has 1 aromatic carbocycles. The van der Waals surface area contributed by atoms with Crippen LogP contribution in [-0.2, 0) is 0 Å². The zero-order valence-electron chi connectivity index (χ0n) is 17.0. The van der Waals surface area contributed by atoms with Crippen molar-refractivity contribution in [3.63, 3.8) is 0 Å². The molecule has 2 N–H and O–H groups in total. The third-order valence-electron chi connectivity index (χ3n) is 5.57. The second-order valence-electron chi connectivity index (χ2n) is 7.54. The first kappa shape index (κ1) is 21.0. The van der Waals surface area contributed by atoms with Crippen molar-refractivity contribution in [1.29, 1.82) is 0 Å². The highest BCUT2D eigenvalue weighted by molar-refractivity contribution is 7.13. The van der Waals surface area contributed by atoms with Gasteiger partial charge in [0.2, 0.25) is 0 Å². The average molecular weight is 444 g/mol. The molecule has 4 rings (SSSR count). The van der Waals surface area contributed by atoms with Crippen molar-refractivity contribution in [2.24, 2.45) is 0 Å². The van der Waals surface area contributed by atoms with Crippen molar-refractivity contribution in [3.8, 4) is 10.6 Å². The molecule has 1 aliphatic heterocycles. The van der Waals surface area contributed by atoms with Crippen molar-refractivity contribution < 1.29 is 5.11 Å². The van der Waals surface area contributed by atoms with Crippen molar-refractivity contribution in [2.75, 3.05) is 29.9 Å². The van der Waals surface area contributed by atoms with E-state index in [1.165, 1.54) is 5.69 Å². The summed E-state index contributed by atoms with van der Waals surface area (Å²) < 4.78 is 0. The van der Waals surface area contributed by atoms with Crippen LogP contribution in [0.1, 0.15) is 37.8 Å². The zero-order chi connectivity index (χ0) is 20.9. The molecule has 3 aromatic rings. The van der Waals surface area contributed by atoms with Crippen LogP contribution in [0, 0.1) is 0 Å². The van der Waals surface area contributed by atoms with Gasteiger partial charge in [-0.3, -0.25) is 0 Å². The second kappa shape index (κ2) is 9.73. The van der Waals surface area contributed by atoms with Crippen LogP contribution in [0.5, 0.6) is 0 Å².